The van der Waals surface area contributed by atoms with E-state index in [9.17, 15) is 9.59 Å². The highest BCUT2D eigenvalue weighted by molar-refractivity contribution is 9.10. The molecule has 0 bridgehead atoms. The summed E-state index contributed by atoms with van der Waals surface area (Å²) >= 11 is 9.14. The minimum Gasteiger partial charge on any atom is -0.483 e. The lowest BCUT2D eigenvalue weighted by Crippen LogP contribution is -2.20. The number of rotatable bonds is 5. The third-order valence-electron chi connectivity index (χ3n) is 2.82. The van der Waals surface area contributed by atoms with Gasteiger partial charge in [0.15, 0.2) is 6.61 Å². The Morgan fingerprint density at radius 3 is 2.70 bits per heavy atom. The van der Waals surface area contributed by atoms with Crippen molar-refractivity contribution in [2.45, 2.75) is 0 Å². The predicted octanol–water partition coefficient (Wildman–Crippen LogP) is 3.91. The Balaban J connectivity index is 1.96. The minimum absolute atomic E-state index is 0.178. The summed E-state index contributed by atoms with van der Waals surface area (Å²) in [7, 11) is 1.30. The lowest BCUT2D eigenvalue weighted by atomic mass is 10.2. The van der Waals surface area contributed by atoms with Crippen molar-refractivity contribution < 1.29 is 19.1 Å². The van der Waals surface area contributed by atoms with E-state index in [1.807, 2.05) is 0 Å². The Kier molecular flexibility index (Phi) is 6.01. The smallest absolute Gasteiger partial charge is 0.337 e. The van der Waals surface area contributed by atoms with Crippen LogP contribution in [-0.4, -0.2) is 25.6 Å². The largest absolute Gasteiger partial charge is 0.483 e. The molecule has 1 N–H and O–H groups in total. The van der Waals surface area contributed by atoms with Crippen LogP contribution in [0.2, 0.25) is 5.02 Å². The van der Waals surface area contributed by atoms with Crippen LogP contribution < -0.4 is 10.1 Å². The van der Waals surface area contributed by atoms with Gasteiger partial charge >= 0.3 is 5.97 Å². The molecule has 0 aliphatic rings. The third kappa shape index (κ3) is 4.97. The fourth-order valence-electron chi connectivity index (χ4n) is 1.77. The molecular formula is C16H13BrClNO4. The highest BCUT2D eigenvalue weighted by Gasteiger charge is 2.09. The Morgan fingerprint density at radius 2 is 2.00 bits per heavy atom. The van der Waals surface area contributed by atoms with E-state index in [1.165, 1.54) is 13.2 Å². The number of carbonyl (C=O) groups is 2. The number of methoxy groups -OCH3 is 1. The summed E-state index contributed by atoms with van der Waals surface area (Å²) in [6.45, 7) is -0.178. The molecule has 0 spiro atoms. The molecule has 0 radical (unpaired) electrons. The van der Waals surface area contributed by atoms with Crippen LogP contribution in [0.25, 0.3) is 0 Å². The fourth-order valence-corrected chi connectivity index (χ4v) is 2.57. The lowest BCUT2D eigenvalue weighted by Gasteiger charge is -2.09. The highest BCUT2D eigenvalue weighted by Crippen LogP contribution is 2.27. The molecule has 2 rings (SSSR count). The predicted molar refractivity (Wildman–Crippen MR) is 91.1 cm³/mol. The summed E-state index contributed by atoms with van der Waals surface area (Å²) in [4.78, 5) is 23.4. The van der Waals surface area contributed by atoms with Gasteiger partial charge in [0, 0.05) is 10.7 Å². The van der Waals surface area contributed by atoms with Crippen molar-refractivity contribution in [1.29, 1.82) is 0 Å². The van der Waals surface area contributed by atoms with E-state index in [4.69, 9.17) is 16.3 Å². The van der Waals surface area contributed by atoms with Gasteiger partial charge in [-0.05, 0) is 52.3 Å². The van der Waals surface area contributed by atoms with Gasteiger partial charge in [-0.2, -0.15) is 0 Å². The maximum Gasteiger partial charge on any atom is 0.337 e. The first-order chi connectivity index (χ1) is 11.0. The third-order valence-corrected chi connectivity index (χ3v) is 3.67. The van der Waals surface area contributed by atoms with E-state index >= 15 is 0 Å². The number of hydrogen-bond acceptors (Lipinski definition) is 4. The first-order valence-electron chi connectivity index (χ1n) is 6.55. The molecule has 2 aromatic carbocycles. The Morgan fingerprint density at radius 1 is 1.22 bits per heavy atom. The van der Waals surface area contributed by atoms with Crippen molar-refractivity contribution in [3.05, 3.63) is 57.5 Å². The second-order valence-electron chi connectivity index (χ2n) is 4.48. The van der Waals surface area contributed by atoms with Gasteiger partial charge in [0.2, 0.25) is 0 Å². The Bertz CT molecular complexity index is 736. The van der Waals surface area contributed by atoms with Gasteiger partial charge < -0.3 is 14.8 Å². The van der Waals surface area contributed by atoms with Crippen LogP contribution in [0, 0.1) is 0 Å². The first-order valence-corrected chi connectivity index (χ1v) is 7.73. The van der Waals surface area contributed by atoms with Crippen molar-refractivity contribution >= 4 is 45.1 Å². The molecular weight excluding hydrogens is 386 g/mol. The summed E-state index contributed by atoms with van der Waals surface area (Å²) in [5.74, 6) is -0.316. The summed E-state index contributed by atoms with van der Waals surface area (Å²) in [6.07, 6.45) is 0. The van der Waals surface area contributed by atoms with E-state index in [-0.39, 0.29) is 12.5 Å². The zero-order valence-electron chi connectivity index (χ0n) is 12.1. The first kappa shape index (κ1) is 17.3. The lowest BCUT2D eigenvalue weighted by molar-refractivity contribution is -0.118. The zero-order chi connectivity index (χ0) is 16.8. The molecule has 0 atom stereocenters. The number of halogens is 2. The zero-order valence-corrected chi connectivity index (χ0v) is 14.5. The van der Waals surface area contributed by atoms with E-state index in [0.717, 1.165) is 0 Å². The number of carbonyl (C=O) groups excluding carboxylic acids is 2. The number of hydrogen-bond donors (Lipinski definition) is 1. The van der Waals surface area contributed by atoms with E-state index in [0.29, 0.717) is 26.5 Å². The topological polar surface area (TPSA) is 64.6 Å². The van der Waals surface area contributed by atoms with Crippen molar-refractivity contribution in [2.24, 2.45) is 0 Å². The molecule has 0 unspecified atom stereocenters. The van der Waals surface area contributed by atoms with Crippen LogP contribution in [0.3, 0.4) is 0 Å². The van der Waals surface area contributed by atoms with E-state index in [1.54, 1.807) is 36.4 Å². The molecule has 0 fully saturated rings. The van der Waals surface area contributed by atoms with Crippen molar-refractivity contribution in [3.63, 3.8) is 0 Å². The monoisotopic (exact) mass is 397 g/mol. The summed E-state index contributed by atoms with van der Waals surface area (Å²) in [5, 5.41) is 3.21. The van der Waals surface area contributed by atoms with Crippen molar-refractivity contribution in [3.8, 4) is 5.75 Å². The van der Waals surface area contributed by atoms with Crippen LogP contribution in [0.5, 0.6) is 5.75 Å². The molecule has 0 aliphatic heterocycles. The fraction of sp³-hybridized carbons (Fsp3) is 0.125. The maximum absolute atomic E-state index is 11.9. The van der Waals surface area contributed by atoms with Crippen LogP contribution in [0.4, 0.5) is 5.69 Å². The second-order valence-corrected chi connectivity index (χ2v) is 5.77. The maximum atomic E-state index is 11.9. The van der Waals surface area contributed by atoms with Crippen LogP contribution >= 0.6 is 27.5 Å². The van der Waals surface area contributed by atoms with E-state index in [2.05, 4.69) is 26.0 Å². The summed E-state index contributed by atoms with van der Waals surface area (Å²) in [5.41, 5.74) is 0.836. The minimum atomic E-state index is -0.470. The molecule has 0 saturated heterocycles. The van der Waals surface area contributed by atoms with E-state index < -0.39 is 5.97 Å². The quantitative estimate of drug-likeness (QED) is 0.776. The molecule has 0 aromatic heterocycles. The van der Waals surface area contributed by atoms with Gasteiger partial charge in [0.1, 0.15) is 5.75 Å². The standard InChI is InChI=1S/C16H13BrClNO4/c1-22-16(21)10-3-2-4-12(7-10)19-15(20)9-23-14-6-5-11(18)8-13(14)17/h2-8H,9H2,1H3,(H,19,20). The molecule has 120 valence electrons. The number of amides is 1. The summed E-state index contributed by atoms with van der Waals surface area (Å²) < 4.78 is 10.7. The Labute approximate surface area is 146 Å². The molecule has 2 aromatic rings. The number of esters is 1. The molecule has 0 aliphatic carbocycles. The number of ether oxygens (including phenoxy) is 2. The molecule has 0 heterocycles. The molecule has 1 amide bonds. The van der Waals surface area contributed by atoms with Crippen molar-refractivity contribution in [2.75, 3.05) is 19.0 Å². The Hall–Kier alpha value is -2.05. The van der Waals surface area contributed by atoms with Gasteiger partial charge in [-0.15, -0.1) is 0 Å². The second kappa shape index (κ2) is 7.99. The molecule has 5 nitrogen and oxygen atoms in total. The van der Waals surface area contributed by atoms with Gasteiger partial charge in [-0.3, -0.25) is 4.79 Å². The summed E-state index contributed by atoms with van der Waals surface area (Å²) in [6, 6.07) is 11.5. The van der Waals surface area contributed by atoms with Crippen LogP contribution in [-0.2, 0) is 9.53 Å². The van der Waals surface area contributed by atoms with Gasteiger partial charge in [-0.1, -0.05) is 17.7 Å². The van der Waals surface area contributed by atoms with Gasteiger partial charge in [-0.25, -0.2) is 4.79 Å². The molecule has 23 heavy (non-hydrogen) atoms. The van der Waals surface area contributed by atoms with Crippen molar-refractivity contribution in [1.82, 2.24) is 0 Å². The highest BCUT2D eigenvalue weighted by atomic mass is 79.9. The number of benzene rings is 2. The van der Waals surface area contributed by atoms with Crippen LogP contribution in [0.15, 0.2) is 46.9 Å². The van der Waals surface area contributed by atoms with Crippen LogP contribution in [0.1, 0.15) is 10.4 Å². The number of nitrogens with one attached hydrogen (secondary N) is 1. The SMILES string of the molecule is COC(=O)c1cccc(NC(=O)COc2ccc(Cl)cc2Br)c1. The van der Waals surface area contributed by atoms with Gasteiger partial charge in [0.05, 0.1) is 17.1 Å². The molecule has 7 heteroatoms. The average Bonchev–Trinajstić information content (AvgIpc) is 2.53. The number of anilines is 1. The molecule has 0 saturated carbocycles. The normalized spacial score (nSPS) is 10.0. The van der Waals surface area contributed by atoms with Gasteiger partial charge in [0.25, 0.3) is 5.91 Å². The average molecular weight is 399 g/mol.